The van der Waals surface area contributed by atoms with Gasteiger partial charge in [0.1, 0.15) is 0 Å². The molecule has 1 aliphatic heterocycles. The Balaban J connectivity index is 2.34. The lowest BCUT2D eigenvalue weighted by Crippen LogP contribution is -2.38. The number of hydrogen-bond donors (Lipinski definition) is 2. The summed E-state index contributed by atoms with van der Waals surface area (Å²) in [6.07, 6.45) is 1.04. The fourth-order valence-electron chi connectivity index (χ4n) is 1.82. The van der Waals surface area contributed by atoms with E-state index in [9.17, 15) is 9.90 Å². The van der Waals surface area contributed by atoms with Crippen LogP contribution in [0.25, 0.3) is 0 Å². The lowest BCUT2D eigenvalue weighted by molar-refractivity contribution is -0.130. The van der Waals surface area contributed by atoms with E-state index in [1.54, 1.807) is 4.90 Å². The SMILES string of the molecule is CC(C)CC(O)CN1CCC(N)C1=O. The maximum absolute atomic E-state index is 11.4. The van der Waals surface area contributed by atoms with E-state index in [-0.39, 0.29) is 11.9 Å². The van der Waals surface area contributed by atoms with Gasteiger partial charge < -0.3 is 15.7 Å². The third kappa shape index (κ3) is 2.96. The second-order valence-corrected chi connectivity index (χ2v) is 4.46. The van der Waals surface area contributed by atoms with Gasteiger partial charge in [-0.2, -0.15) is 0 Å². The van der Waals surface area contributed by atoms with E-state index >= 15 is 0 Å². The summed E-state index contributed by atoms with van der Waals surface area (Å²) in [5.74, 6) is 0.434. The Morgan fingerprint density at radius 3 is 2.71 bits per heavy atom. The quantitative estimate of drug-likeness (QED) is 0.669. The molecule has 1 rings (SSSR count). The third-order valence-corrected chi connectivity index (χ3v) is 2.51. The zero-order valence-electron chi connectivity index (χ0n) is 8.94. The molecule has 1 aliphatic rings. The molecule has 82 valence electrons. The summed E-state index contributed by atoms with van der Waals surface area (Å²) in [5, 5.41) is 9.65. The molecule has 2 unspecified atom stereocenters. The fraction of sp³-hybridized carbons (Fsp3) is 0.900. The summed E-state index contributed by atoms with van der Waals surface area (Å²) < 4.78 is 0. The number of β-amino-alcohol motifs (C(OH)–C–C–N with tert-alkyl or cyclic N) is 1. The van der Waals surface area contributed by atoms with Crippen molar-refractivity contribution < 1.29 is 9.90 Å². The van der Waals surface area contributed by atoms with E-state index in [0.29, 0.717) is 25.4 Å². The predicted octanol–water partition coefficient (Wildman–Crippen LogP) is -0.0470. The Morgan fingerprint density at radius 1 is 1.64 bits per heavy atom. The van der Waals surface area contributed by atoms with E-state index in [1.807, 2.05) is 0 Å². The van der Waals surface area contributed by atoms with Gasteiger partial charge in [-0.05, 0) is 18.8 Å². The van der Waals surface area contributed by atoms with Crippen molar-refractivity contribution in [3.05, 3.63) is 0 Å². The minimum Gasteiger partial charge on any atom is -0.391 e. The fourth-order valence-corrected chi connectivity index (χ4v) is 1.82. The number of hydrogen-bond acceptors (Lipinski definition) is 3. The lowest BCUT2D eigenvalue weighted by atomic mass is 10.1. The van der Waals surface area contributed by atoms with E-state index < -0.39 is 6.10 Å². The van der Waals surface area contributed by atoms with Gasteiger partial charge in [-0.3, -0.25) is 4.79 Å². The second kappa shape index (κ2) is 4.75. The van der Waals surface area contributed by atoms with Crippen LogP contribution in [0.5, 0.6) is 0 Å². The molecule has 0 aliphatic carbocycles. The van der Waals surface area contributed by atoms with E-state index in [4.69, 9.17) is 5.73 Å². The van der Waals surface area contributed by atoms with Gasteiger partial charge in [0.05, 0.1) is 12.1 Å². The van der Waals surface area contributed by atoms with Crippen molar-refractivity contribution in [3.63, 3.8) is 0 Å². The highest BCUT2D eigenvalue weighted by atomic mass is 16.3. The van der Waals surface area contributed by atoms with Crippen LogP contribution in [-0.4, -0.2) is 41.1 Å². The Labute approximate surface area is 85.1 Å². The predicted molar refractivity (Wildman–Crippen MR) is 54.6 cm³/mol. The lowest BCUT2D eigenvalue weighted by Gasteiger charge is -2.21. The molecule has 1 fully saturated rings. The molecule has 1 heterocycles. The maximum atomic E-state index is 11.4. The summed E-state index contributed by atoms with van der Waals surface area (Å²) in [6, 6.07) is -0.346. The first-order valence-electron chi connectivity index (χ1n) is 5.23. The van der Waals surface area contributed by atoms with Crippen molar-refractivity contribution in [2.45, 2.75) is 38.8 Å². The van der Waals surface area contributed by atoms with Gasteiger partial charge in [-0.15, -0.1) is 0 Å². The molecule has 4 heteroatoms. The topological polar surface area (TPSA) is 66.6 Å². The van der Waals surface area contributed by atoms with Crippen LogP contribution in [0.2, 0.25) is 0 Å². The molecule has 1 amide bonds. The molecule has 4 nitrogen and oxygen atoms in total. The number of rotatable bonds is 4. The second-order valence-electron chi connectivity index (χ2n) is 4.46. The standard InChI is InChI=1S/C10H20N2O2/c1-7(2)5-8(13)6-12-4-3-9(11)10(12)14/h7-9,13H,3-6,11H2,1-2H3. The maximum Gasteiger partial charge on any atom is 0.239 e. The first-order valence-corrected chi connectivity index (χ1v) is 5.23. The third-order valence-electron chi connectivity index (χ3n) is 2.51. The van der Waals surface area contributed by atoms with E-state index in [2.05, 4.69) is 13.8 Å². The molecule has 14 heavy (non-hydrogen) atoms. The number of nitrogens with two attached hydrogens (primary N) is 1. The largest absolute Gasteiger partial charge is 0.391 e. The Kier molecular flexibility index (Phi) is 3.89. The smallest absolute Gasteiger partial charge is 0.239 e. The Hall–Kier alpha value is -0.610. The first kappa shape index (κ1) is 11.5. The molecule has 0 saturated carbocycles. The van der Waals surface area contributed by atoms with Crippen LogP contribution < -0.4 is 5.73 Å². The van der Waals surface area contributed by atoms with Crippen molar-refractivity contribution in [2.75, 3.05) is 13.1 Å². The van der Waals surface area contributed by atoms with Crippen LogP contribution in [0.4, 0.5) is 0 Å². The molecule has 1 saturated heterocycles. The number of amides is 1. The molecule has 0 spiro atoms. The van der Waals surface area contributed by atoms with Gasteiger partial charge in [0.2, 0.25) is 5.91 Å². The summed E-state index contributed by atoms with van der Waals surface area (Å²) in [6.45, 7) is 5.24. The molecule has 2 atom stereocenters. The normalized spacial score (nSPS) is 24.8. The Bertz CT molecular complexity index is 206. The summed E-state index contributed by atoms with van der Waals surface area (Å²) in [7, 11) is 0. The van der Waals surface area contributed by atoms with Crippen molar-refractivity contribution >= 4 is 5.91 Å². The van der Waals surface area contributed by atoms with Crippen LogP contribution in [0.3, 0.4) is 0 Å². The zero-order chi connectivity index (χ0) is 10.7. The number of carbonyl (C=O) groups is 1. The van der Waals surface area contributed by atoms with E-state index in [1.165, 1.54) is 0 Å². The number of aliphatic hydroxyl groups is 1. The average molecular weight is 200 g/mol. The zero-order valence-corrected chi connectivity index (χ0v) is 8.94. The summed E-state index contributed by atoms with van der Waals surface area (Å²) in [4.78, 5) is 13.1. The van der Waals surface area contributed by atoms with Crippen LogP contribution in [0, 0.1) is 5.92 Å². The molecule has 0 aromatic rings. The Morgan fingerprint density at radius 2 is 2.29 bits per heavy atom. The van der Waals surface area contributed by atoms with Crippen molar-refractivity contribution in [1.82, 2.24) is 4.90 Å². The van der Waals surface area contributed by atoms with Crippen molar-refractivity contribution in [1.29, 1.82) is 0 Å². The van der Waals surface area contributed by atoms with Crippen LogP contribution in [0.15, 0.2) is 0 Å². The highest BCUT2D eigenvalue weighted by Crippen LogP contribution is 2.12. The number of carbonyl (C=O) groups excluding carboxylic acids is 1. The van der Waals surface area contributed by atoms with Gasteiger partial charge in [0.25, 0.3) is 0 Å². The molecule has 0 aromatic carbocycles. The molecule has 0 aromatic heterocycles. The molecule has 0 radical (unpaired) electrons. The monoisotopic (exact) mass is 200 g/mol. The van der Waals surface area contributed by atoms with Gasteiger partial charge in [0, 0.05) is 13.1 Å². The summed E-state index contributed by atoms with van der Waals surface area (Å²) >= 11 is 0. The van der Waals surface area contributed by atoms with Gasteiger partial charge >= 0.3 is 0 Å². The first-order chi connectivity index (χ1) is 6.50. The van der Waals surface area contributed by atoms with Gasteiger partial charge in [-0.25, -0.2) is 0 Å². The minimum absolute atomic E-state index is 0.0205. The van der Waals surface area contributed by atoms with Crippen LogP contribution in [0.1, 0.15) is 26.7 Å². The van der Waals surface area contributed by atoms with Crippen molar-refractivity contribution in [3.8, 4) is 0 Å². The van der Waals surface area contributed by atoms with E-state index in [0.717, 1.165) is 6.42 Å². The van der Waals surface area contributed by atoms with Crippen LogP contribution >= 0.6 is 0 Å². The summed E-state index contributed by atoms with van der Waals surface area (Å²) in [5.41, 5.74) is 5.57. The molecule has 3 N–H and O–H groups in total. The number of aliphatic hydroxyl groups excluding tert-OH is 1. The van der Waals surface area contributed by atoms with Gasteiger partial charge in [-0.1, -0.05) is 13.8 Å². The molecular formula is C10H20N2O2. The number of nitrogens with zero attached hydrogens (tertiary/aromatic N) is 1. The minimum atomic E-state index is -0.413. The van der Waals surface area contributed by atoms with Crippen molar-refractivity contribution in [2.24, 2.45) is 11.7 Å². The molecular weight excluding hydrogens is 180 g/mol. The average Bonchev–Trinajstić information content (AvgIpc) is 2.34. The highest BCUT2D eigenvalue weighted by molar-refractivity contribution is 5.83. The molecule has 0 bridgehead atoms. The van der Waals surface area contributed by atoms with Gasteiger partial charge in [0.15, 0.2) is 0 Å². The number of likely N-dealkylation sites (tertiary alicyclic amines) is 1. The highest BCUT2D eigenvalue weighted by Gasteiger charge is 2.29. The van der Waals surface area contributed by atoms with Crippen LogP contribution in [-0.2, 0) is 4.79 Å².